The van der Waals surface area contributed by atoms with Gasteiger partial charge >= 0.3 is 0 Å². The number of amides is 1. The third-order valence-corrected chi connectivity index (χ3v) is 3.30. The Balaban J connectivity index is 1.94. The fraction of sp³-hybridized carbons (Fsp3) is 0.0588. The molecule has 0 aromatic heterocycles. The Morgan fingerprint density at radius 1 is 1.00 bits per heavy atom. The fourth-order valence-electron chi connectivity index (χ4n) is 2.14. The Morgan fingerprint density at radius 3 is 2.31 bits per heavy atom. The molecule has 2 aromatic carbocycles. The molecule has 0 unspecified atom stereocenters. The van der Waals surface area contributed by atoms with Crippen molar-refractivity contribution in [1.29, 1.82) is 0 Å². The molecule has 0 fully saturated rings. The quantitative estimate of drug-likeness (QED) is 0.464. The van der Waals surface area contributed by atoms with Crippen molar-refractivity contribution in [2.24, 2.45) is 5.10 Å². The average molecular weight is 354 g/mol. The van der Waals surface area contributed by atoms with Gasteiger partial charge in [-0.15, -0.1) is 0 Å². The minimum atomic E-state index is -0.554. The highest BCUT2D eigenvalue weighted by Crippen LogP contribution is 2.19. The van der Waals surface area contributed by atoms with E-state index >= 15 is 0 Å². The molecule has 0 heterocycles. The van der Waals surface area contributed by atoms with Crippen LogP contribution in [0.25, 0.3) is 6.08 Å². The van der Waals surface area contributed by atoms with Crippen molar-refractivity contribution in [2.75, 3.05) is 0 Å². The van der Waals surface area contributed by atoms with Crippen molar-refractivity contribution >= 4 is 29.6 Å². The molecule has 2 rings (SSSR count). The number of hydrazone groups is 1. The zero-order chi connectivity index (χ0) is 18.9. The molecular weight excluding hydrogens is 340 g/mol. The number of hydrogen-bond donors (Lipinski definition) is 1. The van der Waals surface area contributed by atoms with Gasteiger partial charge in [-0.2, -0.15) is 5.10 Å². The Kier molecular flexibility index (Phi) is 6.27. The molecular formula is C17H14N4O5. The van der Waals surface area contributed by atoms with E-state index in [1.165, 1.54) is 42.6 Å². The van der Waals surface area contributed by atoms with Crippen molar-refractivity contribution < 1.29 is 14.6 Å². The fourth-order valence-corrected chi connectivity index (χ4v) is 2.14. The van der Waals surface area contributed by atoms with E-state index in [1.54, 1.807) is 24.3 Å². The van der Waals surface area contributed by atoms with Gasteiger partial charge in [-0.1, -0.05) is 30.3 Å². The van der Waals surface area contributed by atoms with Gasteiger partial charge < -0.3 is 0 Å². The third-order valence-electron chi connectivity index (χ3n) is 3.30. The van der Waals surface area contributed by atoms with Crippen LogP contribution in [0.2, 0.25) is 0 Å². The first kappa shape index (κ1) is 18.5. The summed E-state index contributed by atoms with van der Waals surface area (Å²) in [6.45, 7) is 0. The van der Waals surface area contributed by atoms with Gasteiger partial charge in [0.15, 0.2) is 0 Å². The molecule has 26 heavy (non-hydrogen) atoms. The molecule has 0 bridgehead atoms. The van der Waals surface area contributed by atoms with Crippen LogP contribution in [-0.2, 0) is 11.2 Å². The molecule has 0 aliphatic heterocycles. The predicted molar refractivity (Wildman–Crippen MR) is 95.6 cm³/mol. The summed E-state index contributed by atoms with van der Waals surface area (Å²) in [6.07, 6.45) is 3.99. The van der Waals surface area contributed by atoms with Crippen molar-refractivity contribution in [2.45, 2.75) is 6.42 Å². The van der Waals surface area contributed by atoms with Gasteiger partial charge in [-0.25, -0.2) is 5.43 Å². The molecule has 0 spiro atoms. The molecule has 9 heteroatoms. The lowest BCUT2D eigenvalue weighted by Crippen LogP contribution is -2.20. The molecule has 1 amide bonds. The second kappa shape index (κ2) is 8.83. The minimum Gasteiger partial charge on any atom is -0.273 e. The lowest BCUT2D eigenvalue weighted by atomic mass is 10.1. The highest BCUT2D eigenvalue weighted by Gasteiger charge is 2.15. The van der Waals surface area contributed by atoms with Gasteiger partial charge in [0.25, 0.3) is 11.4 Å². The van der Waals surface area contributed by atoms with E-state index in [1.807, 2.05) is 0 Å². The molecule has 0 aliphatic carbocycles. The number of benzene rings is 2. The summed E-state index contributed by atoms with van der Waals surface area (Å²) >= 11 is 0. The van der Waals surface area contributed by atoms with Crippen molar-refractivity contribution in [3.63, 3.8) is 0 Å². The standard InChI is InChI=1S/C17H14N4O5/c22-17(12-14-7-2-4-10-16(14)21(25)26)19-18-11-5-8-13-6-1-3-9-15(13)20(23)24/h1-11H,12H2,(H,19,22)/b8-5+,18-11+. The van der Waals surface area contributed by atoms with Crippen molar-refractivity contribution in [1.82, 2.24) is 5.43 Å². The first-order chi connectivity index (χ1) is 12.5. The number of nitro groups is 2. The summed E-state index contributed by atoms with van der Waals surface area (Å²) < 4.78 is 0. The number of carbonyl (C=O) groups excluding carboxylic acids is 1. The zero-order valence-electron chi connectivity index (χ0n) is 13.4. The van der Waals surface area contributed by atoms with Gasteiger partial charge in [0.1, 0.15) is 0 Å². The van der Waals surface area contributed by atoms with E-state index in [9.17, 15) is 25.0 Å². The summed E-state index contributed by atoms with van der Waals surface area (Å²) in [4.78, 5) is 32.5. The normalized spacial score (nSPS) is 10.9. The molecule has 0 saturated heterocycles. The summed E-state index contributed by atoms with van der Waals surface area (Å²) in [7, 11) is 0. The van der Waals surface area contributed by atoms with Gasteiger partial charge in [0.2, 0.25) is 5.91 Å². The van der Waals surface area contributed by atoms with E-state index in [-0.39, 0.29) is 23.4 Å². The van der Waals surface area contributed by atoms with Crippen LogP contribution in [0.15, 0.2) is 59.7 Å². The van der Waals surface area contributed by atoms with Crippen LogP contribution >= 0.6 is 0 Å². The van der Waals surface area contributed by atoms with Crippen molar-refractivity contribution in [3.8, 4) is 0 Å². The number of rotatable bonds is 7. The molecule has 1 N–H and O–H groups in total. The molecule has 0 radical (unpaired) electrons. The minimum absolute atomic E-state index is 0.0439. The van der Waals surface area contributed by atoms with Crippen LogP contribution in [-0.4, -0.2) is 22.0 Å². The monoisotopic (exact) mass is 354 g/mol. The van der Waals surface area contributed by atoms with Gasteiger partial charge in [0, 0.05) is 23.9 Å². The first-order valence-corrected chi connectivity index (χ1v) is 7.43. The number of nitrogens with zero attached hydrogens (tertiary/aromatic N) is 3. The summed E-state index contributed by atoms with van der Waals surface area (Å²) in [5.41, 5.74) is 2.74. The predicted octanol–water partition coefficient (Wildman–Crippen LogP) is 2.86. The van der Waals surface area contributed by atoms with Gasteiger partial charge in [-0.3, -0.25) is 25.0 Å². The SMILES string of the molecule is O=C(Cc1ccccc1[N+](=O)[O-])N/N=C/C=C/c1ccccc1[N+](=O)[O-]. The van der Waals surface area contributed by atoms with Gasteiger partial charge in [-0.05, 0) is 18.2 Å². The van der Waals surface area contributed by atoms with E-state index in [0.29, 0.717) is 5.56 Å². The van der Waals surface area contributed by atoms with E-state index < -0.39 is 15.8 Å². The average Bonchev–Trinajstić information content (AvgIpc) is 2.62. The van der Waals surface area contributed by atoms with Gasteiger partial charge in [0.05, 0.1) is 21.8 Å². The Morgan fingerprint density at radius 2 is 1.62 bits per heavy atom. The van der Waals surface area contributed by atoms with Crippen LogP contribution in [0, 0.1) is 20.2 Å². The Labute approximate surface area is 148 Å². The highest BCUT2D eigenvalue weighted by molar-refractivity contribution is 5.83. The Bertz CT molecular complexity index is 892. The topological polar surface area (TPSA) is 128 Å². The van der Waals surface area contributed by atoms with E-state index in [0.717, 1.165) is 0 Å². The van der Waals surface area contributed by atoms with Crippen LogP contribution in [0.1, 0.15) is 11.1 Å². The van der Waals surface area contributed by atoms with Crippen molar-refractivity contribution in [3.05, 3.63) is 86.0 Å². The number of para-hydroxylation sites is 2. The second-order valence-electron chi connectivity index (χ2n) is 5.05. The van der Waals surface area contributed by atoms with Crippen LogP contribution < -0.4 is 5.43 Å². The zero-order valence-corrected chi connectivity index (χ0v) is 13.4. The number of hydrogen-bond acceptors (Lipinski definition) is 6. The lowest BCUT2D eigenvalue weighted by molar-refractivity contribution is -0.385. The molecule has 2 aromatic rings. The molecule has 0 atom stereocenters. The molecule has 9 nitrogen and oxygen atoms in total. The summed E-state index contributed by atoms with van der Waals surface area (Å²) in [5, 5.41) is 25.5. The number of carbonyl (C=O) groups is 1. The summed E-state index contributed by atoms with van der Waals surface area (Å²) in [6, 6.07) is 12.1. The molecule has 0 aliphatic rings. The third kappa shape index (κ3) is 5.06. The van der Waals surface area contributed by atoms with E-state index in [4.69, 9.17) is 0 Å². The maximum absolute atomic E-state index is 11.8. The molecule has 132 valence electrons. The maximum Gasteiger partial charge on any atom is 0.276 e. The lowest BCUT2D eigenvalue weighted by Gasteiger charge is -2.01. The van der Waals surface area contributed by atoms with Crippen LogP contribution in [0.5, 0.6) is 0 Å². The molecule has 0 saturated carbocycles. The maximum atomic E-state index is 11.8. The largest absolute Gasteiger partial charge is 0.276 e. The second-order valence-corrected chi connectivity index (χ2v) is 5.05. The smallest absolute Gasteiger partial charge is 0.273 e. The first-order valence-electron chi connectivity index (χ1n) is 7.43. The highest BCUT2D eigenvalue weighted by atomic mass is 16.6. The summed E-state index contributed by atoms with van der Waals surface area (Å²) in [5.74, 6) is -0.519. The number of allylic oxidation sites excluding steroid dienone is 1. The van der Waals surface area contributed by atoms with Crippen LogP contribution in [0.4, 0.5) is 11.4 Å². The number of nitro benzene ring substituents is 2. The number of nitrogens with one attached hydrogen (secondary N) is 1. The van der Waals surface area contributed by atoms with E-state index in [2.05, 4.69) is 10.5 Å². The van der Waals surface area contributed by atoms with Crippen LogP contribution in [0.3, 0.4) is 0 Å². The Hall–Kier alpha value is -3.88.